The molecule has 0 aliphatic heterocycles. The van der Waals surface area contributed by atoms with Crippen LogP contribution in [0.3, 0.4) is 0 Å². The number of urea groups is 1. The fourth-order valence-electron chi connectivity index (χ4n) is 2.66. The van der Waals surface area contributed by atoms with Crippen LogP contribution in [0.5, 0.6) is 0 Å². The number of carbonyl (C=O) groups excluding carboxylic acids is 3. The monoisotopic (exact) mass is 440 g/mol. The van der Waals surface area contributed by atoms with Gasteiger partial charge in [-0.25, -0.2) is 18.4 Å². The van der Waals surface area contributed by atoms with Crippen LogP contribution in [0.4, 0.5) is 30.6 Å². The number of anilines is 3. The van der Waals surface area contributed by atoms with Gasteiger partial charge in [0.2, 0.25) is 0 Å². The second-order valence-corrected chi connectivity index (χ2v) is 6.38. The van der Waals surface area contributed by atoms with Crippen molar-refractivity contribution in [2.75, 3.05) is 22.6 Å². The molecular formula is C22H18F2N4O4. The maximum atomic E-state index is 13.7. The van der Waals surface area contributed by atoms with Crippen LogP contribution in [0.25, 0.3) is 0 Å². The van der Waals surface area contributed by atoms with Crippen LogP contribution in [0.15, 0.2) is 60.9 Å². The Labute approximate surface area is 181 Å². The van der Waals surface area contributed by atoms with Gasteiger partial charge in [-0.2, -0.15) is 0 Å². The van der Waals surface area contributed by atoms with Crippen molar-refractivity contribution in [1.29, 1.82) is 0 Å². The van der Waals surface area contributed by atoms with E-state index in [4.69, 9.17) is 4.74 Å². The molecule has 3 amide bonds. The molecule has 0 saturated heterocycles. The van der Waals surface area contributed by atoms with Crippen LogP contribution >= 0.6 is 0 Å². The molecule has 164 valence electrons. The van der Waals surface area contributed by atoms with E-state index in [0.717, 1.165) is 0 Å². The number of carbonyl (C=O) groups is 3. The average molecular weight is 440 g/mol. The summed E-state index contributed by atoms with van der Waals surface area (Å²) in [5.74, 6) is -4.05. The Balaban J connectivity index is 1.69. The zero-order valence-electron chi connectivity index (χ0n) is 16.8. The molecule has 2 aromatic carbocycles. The Kier molecular flexibility index (Phi) is 7.06. The molecule has 10 heteroatoms. The van der Waals surface area contributed by atoms with Crippen molar-refractivity contribution in [2.45, 2.75) is 6.92 Å². The van der Waals surface area contributed by atoms with E-state index in [1.54, 1.807) is 25.3 Å². The van der Waals surface area contributed by atoms with Gasteiger partial charge in [0.15, 0.2) is 11.6 Å². The lowest BCUT2D eigenvalue weighted by atomic mass is 10.1. The summed E-state index contributed by atoms with van der Waals surface area (Å²) in [4.78, 5) is 40.4. The van der Waals surface area contributed by atoms with Gasteiger partial charge in [0, 0.05) is 23.5 Å². The zero-order valence-corrected chi connectivity index (χ0v) is 16.8. The lowest BCUT2D eigenvalue weighted by Crippen LogP contribution is -2.20. The van der Waals surface area contributed by atoms with Gasteiger partial charge in [-0.3, -0.25) is 9.78 Å². The molecule has 0 atom stereocenters. The molecule has 0 unspecified atom stereocenters. The smallest absolute Gasteiger partial charge is 0.340 e. The topological polar surface area (TPSA) is 109 Å². The third kappa shape index (κ3) is 5.63. The summed E-state index contributed by atoms with van der Waals surface area (Å²) in [6, 6.07) is 10.00. The number of hydrogen-bond donors (Lipinski definition) is 3. The predicted molar refractivity (Wildman–Crippen MR) is 114 cm³/mol. The molecule has 3 rings (SSSR count). The van der Waals surface area contributed by atoms with E-state index in [0.29, 0.717) is 23.5 Å². The molecule has 8 nitrogen and oxygen atoms in total. The van der Waals surface area contributed by atoms with Crippen LogP contribution in [0, 0.1) is 11.6 Å². The van der Waals surface area contributed by atoms with Crippen LogP contribution < -0.4 is 16.0 Å². The molecule has 1 heterocycles. The Morgan fingerprint density at radius 3 is 2.28 bits per heavy atom. The number of halogens is 2. The minimum atomic E-state index is -1.24. The summed E-state index contributed by atoms with van der Waals surface area (Å²) < 4.78 is 32.0. The predicted octanol–water partition coefficient (Wildman–Crippen LogP) is 4.43. The van der Waals surface area contributed by atoms with Crippen molar-refractivity contribution in [2.24, 2.45) is 0 Å². The van der Waals surface area contributed by atoms with Gasteiger partial charge in [-0.1, -0.05) is 0 Å². The number of nitrogens with one attached hydrogen (secondary N) is 3. The summed E-state index contributed by atoms with van der Waals surface area (Å²) in [5, 5.41) is 7.57. The van der Waals surface area contributed by atoms with Crippen molar-refractivity contribution in [1.82, 2.24) is 4.98 Å². The van der Waals surface area contributed by atoms with Gasteiger partial charge in [-0.15, -0.1) is 0 Å². The normalized spacial score (nSPS) is 10.2. The van der Waals surface area contributed by atoms with Gasteiger partial charge in [0.05, 0.1) is 29.7 Å². The average Bonchev–Trinajstić information content (AvgIpc) is 2.77. The number of aromatic nitrogens is 1. The Morgan fingerprint density at radius 2 is 1.62 bits per heavy atom. The number of benzene rings is 2. The molecule has 0 bridgehead atoms. The second kappa shape index (κ2) is 10.1. The number of esters is 1. The summed E-state index contributed by atoms with van der Waals surface area (Å²) in [7, 11) is 0. The quantitative estimate of drug-likeness (QED) is 0.491. The van der Waals surface area contributed by atoms with Crippen LogP contribution in [0.1, 0.15) is 27.6 Å². The van der Waals surface area contributed by atoms with E-state index in [-0.39, 0.29) is 23.4 Å². The highest BCUT2D eigenvalue weighted by molar-refractivity contribution is 6.08. The molecule has 0 radical (unpaired) electrons. The van der Waals surface area contributed by atoms with Gasteiger partial charge in [0.1, 0.15) is 0 Å². The summed E-state index contributed by atoms with van der Waals surface area (Å²) in [6.07, 6.45) is 3.05. The molecule has 0 aliphatic carbocycles. The molecule has 1 aromatic heterocycles. The number of nitrogens with zero attached hydrogens (tertiary/aromatic N) is 1. The van der Waals surface area contributed by atoms with Crippen molar-refractivity contribution < 1.29 is 27.9 Å². The molecule has 3 N–H and O–H groups in total. The van der Waals surface area contributed by atoms with Crippen LogP contribution in [0.2, 0.25) is 0 Å². The number of ether oxygens (including phenoxy) is 1. The van der Waals surface area contributed by atoms with E-state index in [9.17, 15) is 23.2 Å². The van der Waals surface area contributed by atoms with Crippen molar-refractivity contribution in [3.63, 3.8) is 0 Å². The Bertz CT molecular complexity index is 1140. The first-order valence-corrected chi connectivity index (χ1v) is 9.43. The number of hydrogen-bond acceptors (Lipinski definition) is 5. The molecule has 0 aliphatic rings. The van der Waals surface area contributed by atoms with Crippen LogP contribution in [-0.2, 0) is 4.74 Å². The molecular weight excluding hydrogens is 422 g/mol. The van der Waals surface area contributed by atoms with Crippen molar-refractivity contribution in [3.8, 4) is 0 Å². The first kappa shape index (κ1) is 22.3. The molecule has 0 spiro atoms. The zero-order chi connectivity index (χ0) is 23.1. The van der Waals surface area contributed by atoms with Gasteiger partial charge < -0.3 is 20.7 Å². The standard InChI is InChI=1S/C22H18F2N4O4/c1-2-32-21(30)16-10-17(23)18(24)11-19(16)28-20(29)13-5-7-14(8-6-13)26-22(31)27-15-4-3-9-25-12-15/h3-12H,2H2,1H3,(H,28,29)(H2,26,27,31). The third-order valence-corrected chi connectivity index (χ3v) is 4.13. The fourth-order valence-corrected chi connectivity index (χ4v) is 2.66. The summed E-state index contributed by atoms with van der Waals surface area (Å²) >= 11 is 0. The molecule has 3 aromatic rings. The Morgan fingerprint density at radius 1 is 0.938 bits per heavy atom. The fraction of sp³-hybridized carbons (Fsp3) is 0.0909. The van der Waals surface area contributed by atoms with E-state index in [1.165, 1.54) is 30.5 Å². The van der Waals surface area contributed by atoms with E-state index >= 15 is 0 Å². The molecule has 0 fully saturated rings. The van der Waals surface area contributed by atoms with Crippen molar-refractivity contribution in [3.05, 3.63) is 83.7 Å². The SMILES string of the molecule is CCOC(=O)c1cc(F)c(F)cc1NC(=O)c1ccc(NC(=O)Nc2cccnc2)cc1. The highest BCUT2D eigenvalue weighted by Gasteiger charge is 2.19. The summed E-state index contributed by atoms with van der Waals surface area (Å²) in [5.41, 5.74) is 0.519. The first-order valence-electron chi connectivity index (χ1n) is 9.43. The van der Waals surface area contributed by atoms with E-state index in [2.05, 4.69) is 20.9 Å². The van der Waals surface area contributed by atoms with Crippen molar-refractivity contribution >= 4 is 35.0 Å². The number of pyridine rings is 1. The number of rotatable bonds is 6. The highest BCUT2D eigenvalue weighted by Crippen LogP contribution is 2.22. The van der Waals surface area contributed by atoms with E-state index < -0.39 is 29.5 Å². The Hall–Kier alpha value is -4.34. The molecule has 32 heavy (non-hydrogen) atoms. The van der Waals surface area contributed by atoms with Gasteiger partial charge >= 0.3 is 12.0 Å². The first-order chi connectivity index (χ1) is 15.4. The van der Waals surface area contributed by atoms with Crippen LogP contribution in [-0.4, -0.2) is 29.5 Å². The number of amides is 3. The minimum absolute atomic E-state index is 0.0219. The largest absolute Gasteiger partial charge is 0.462 e. The van der Waals surface area contributed by atoms with E-state index in [1.807, 2.05) is 0 Å². The lowest BCUT2D eigenvalue weighted by Gasteiger charge is -2.12. The third-order valence-electron chi connectivity index (χ3n) is 4.13. The minimum Gasteiger partial charge on any atom is -0.462 e. The second-order valence-electron chi connectivity index (χ2n) is 6.38. The summed E-state index contributed by atoms with van der Waals surface area (Å²) in [6.45, 7) is 1.58. The highest BCUT2D eigenvalue weighted by atomic mass is 19.2. The maximum Gasteiger partial charge on any atom is 0.340 e. The maximum absolute atomic E-state index is 13.7. The molecule has 0 saturated carbocycles. The lowest BCUT2D eigenvalue weighted by molar-refractivity contribution is 0.0527. The van der Waals surface area contributed by atoms with Gasteiger partial charge in [-0.05, 0) is 49.4 Å². The van der Waals surface area contributed by atoms with Gasteiger partial charge in [0.25, 0.3) is 5.91 Å².